The Morgan fingerprint density at radius 2 is 2.08 bits per heavy atom. The van der Waals surface area contributed by atoms with Gasteiger partial charge in [-0.3, -0.25) is 4.79 Å². The minimum atomic E-state index is -3.48. The second-order valence-corrected chi connectivity index (χ2v) is 8.18. The van der Waals surface area contributed by atoms with Gasteiger partial charge in [-0.1, -0.05) is 12.1 Å². The lowest BCUT2D eigenvalue weighted by Crippen LogP contribution is -2.37. The summed E-state index contributed by atoms with van der Waals surface area (Å²) < 4.78 is 31.1. The van der Waals surface area contributed by atoms with Crippen LogP contribution in [0.25, 0.3) is 0 Å². The number of furan rings is 1. The Morgan fingerprint density at radius 1 is 1.29 bits per heavy atom. The van der Waals surface area contributed by atoms with Crippen LogP contribution in [0.15, 0.2) is 46.1 Å². The molecule has 1 aromatic heterocycles. The van der Waals surface area contributed by atoms with Gasteiger partial charge >= 0.3 is 0 Å². The molecule has 0 radical (unpaired) electrons. The fourth-order valence-electron chi connectivity index (χ4n) is 2.91. The maximum Gasteiger partial charge on any atom is 0.242 e. The summed E-state index contributed by atoms with van der Waals surface area (Å²) in [5.74, 6) is 0.0166. The quantitative estimate of drug-likeness (QED) is 0.842. The first-order valence-electron chi connectivity index (χ1n) is 7.71. The van der Waals surface area contributed by atoms with Gasteiger partial charge in [-0.05, 0) is 35.2 Å². The van der Waals surface area contributed by atoms with Crippen LogP contribution in [0.1, 0.15) is 16.7 Å². The minimum absolute atomic E-state index is 0.0166. The van der Waals surface area contributed by atoms with Crippen LogP contribution in [-0.4, -0.2) is 44.2 Å². The van der Waals surface area contributed by atoms with E-state index in [1.165, 1.54) is 18.4 Å². The Kier molecular flexibility index (Phi) is 4.47. The molecule has 1 aliphatic rings. The molecule has 0 saturated carbocycles. The molecule has 0 N–H and O–H groups in total. The molecule has 2 heterocycles. The lowest BCUT2D eigenvalue weighted by atomic mass is 9.99. The van der Waals surface area contributed by atoms with Crippen LogP contribution < -0.4 is 0 Å². The Bertz CT molecular complexity index is 841. The van der Waals surface area contributed by atoms with E-state index in [0.29, 0.717) is 30.8 Å². The Hall–Kier alpha value is -2.12. The van der Waals surface area contributed by atoms with E-state index in [9.17, 15) is 13.2 Å². The lowest BCUT2D eigenvalue weighted by molar-refractivity contribution is -0.131. The molecule has 3 rings (SSSR count). The number of sulfonamides is 1. The highest BCUT2D eigenvalue weighted by Crippen LogP contribution is 2.27. The van der Waals surface area contributed by atoms with Crippen molar-refractivity contribution >= 4 is 15.9 Å². The molecule has 6 nitrogen and oxygen atoms in total. The monoisotopic (exact) mass is 348 g/mol. The van der Waals surface area contributed by atoms with Gasteiger partial charge in [-0.2, -0.15) is 0 Å². The number of benzene rings is 1. The van der Waals surface area contributed by atoms with E-state index in [4.69, 9.17) is 4.42 Å². The average molecular weight is 348 g/mol. The number of amides is 1. The number of fused-ring (bicyclic) bond motifs is 1. The average Bonchev–Trinajstić information content (AvgIpc) is 3.06. The molecule has 24 heavy (non-hydrogen) atoms. The van der Waals surface area contributed by atoms with Crippen molar-refractivity contribution in [3.05, 3.63) is 53.5 Å². The summed E-state index contributed by atoms with van der Waals surface area (Å²) >= 11 is 0. The first kappa shape index (κ1) is 16.7. The summed E-state index contributed by atoms with van der Waals surface area (Å²) in [6.07, 6.45) is 3.95. The van der Waals surface area contributed by atoms with E-state index in [0.717, 1.165) is 16.7 Å². The lowest BCUT2D eigenvalue weighted by Gasteiger charge is -2.30. The van der Waals surface area contributed by atoms with Crippen molar-refractivity contribution in [2.24, 2.45) is 0 Å². The Labute approximate surface area is 141 Å². The second kappa shape index (κ2) is 6.41. The number of carbonyl (C=O) groups excluding carboxylic acids is 1. The maximum absolute atomic E-state index is 12.5. The molecule has 0 aliphatic carbocycles. The van der Waals surface area contributed by atoms with Crippen molar-refractivity contribution in [2.45, 2.75) is 24.3 Å². The maximum atomic E-state index is 12.5. The fraction of sp³-hybridized carbons (Fsp3) is 0.353. The molecule has 0 bridgehead atoms. The van der Waals surface area contributed by atoms with Crippen LogP contribution in [0.4, 0.5) is 0 Å². The number of carbonyl (C=O) groups is 1. The van der Waals surface area contributed by atoms with Crippen LogP contribution in [0.5, 0.6) is 0 Å². The van der Waals surface area contributed by atoms with Gasteiger partial charge in [0.15, 0.2) is 0 Å². The molecular weight excluding hydrogens is 328 g/mol. The van der Waals surface area contributed by atoms with E-state index in [2.05, 4.69) is 0 Å². The summed E-state index contributed by atoms with van der Waals surface area (Å²) in [4.78, 5) is 14.5. The highest BCUT2D eigenvalue weighted by atomic mass is 32.2. The van der Waals surface area contributed by atoms with Crippen LogP contribution >= 0.6 is 0 Å². The first-order valence-corrected chi connectivity index (χ1v) is 9.16. The van der Waals surface area contributed by atoms with Crippen molar-refractivity contribution in [2.75, 3.05) is 20.6 Å². The van der Waals surface area contributed by atoms with Gasteiger partial charge in [0.25, 0.3) is 0 Å². The molecule has 1 aromatic carbocycles. The Morgan fingerprint density at radius 3 is 2.75 bits per heavy atom. The Balaban J connectivity index is 1.83. The molecule has 0 saturated heterocycles. The topological polar surface area (TPSA) is 70.8 Å². The zero-order chi connectivity index (χ0) is 17.3. The highest BCUT2D eigenvalue weighted by Gasteiger charge is 2.27. The summed E-state index contributed by atoms with van der Waals surface area (Å²) in [5.41, 5.74) is 2.55. The summed E-state index contributed by atoms with van der Waals surface area (Å²) in [7, 11) is -0.427. The van der Waals surface area contributed by atoms with Gasteiger partial charge < -0.3 is 9.32 Å². The predicted octanol–water partition coefficient (Wildman–Crippen LogP) is 1.66. The van der Waals surface area contributed by atoms with Gasteiger partial charge in [0.1, 0.15) is 0 Å². The van der Waals surface area contributed by atoms with Crippen molar-refractivity contribution in [3.8, 4) is 0 Å². The van der Waals surface area contributed by atoms with E-state index in [1.807, 2.05) is 6.07 Å². The van der Waals surface area contributed by atoms with Crippen LogP contribution in [0.3, 0.4) is 0 Å². The van der Waals surface area contributed by atoms with Crippen LogP contribution in [-0.2, 0) is 34.2 Å². The van der Waals surface area contributed by atoms with Gasteiger partial charge in [0.05, 0.1) is 23.8 Å². The zero-order valence-electron chi connectivity index (χ0n) is 13.7. The summed E-state index contributed by atoms with van der Waals surface area (Å²) in [6, 6.07) is 7.04. The third-order valence-corrected chi connectivity index (χ3v) is 6.17. The molecule has 0 fully saturated rings. The smallest absolute Gasteiger partial charge is 0.242 e. The number of nitrogens with zero attached hydrogens (tertiary/aromatic N) is 2. The molecule has 0 atom stereocenters. The van der Waals surface area contributed by atoms with Gasteiger partial charge in [-0.25, -0.2) is 12.7 Å². The molecule has 0 unspecified atom stereocenters. The molecule has 0 spiro atoms. The van der Waals surface area contributed by atoms with Crippen molar-refractivity contribution in [3.63, 3.8) is 0 Å². The molecule has 1 aliphatic heterocycles. The van der Waals surface area contributed by atoms with E-state index in [1.54, 1.807) is 35.6 Å². The van der Waals surface area contributed by atoms with Crippen molar-refractivity contribution < 1.29 is 17.6 Å². The second-order valence-electron chi connectivity index (χ2n) is 6.05. The summed E-state index contributed by atoms with van der Waals surface area (Å²) in [5, 5.41) is 0. The summed E-state index contributed by atoms with van der Waals surface area (Å²) in [6.45, 7) is 0.951. The fourth-order valence-corrected chi connectivity index (χ4v) is 4.09. The normalized spacial score (nSPS) is 14.7. The SMILES string of the molecule is CN(C)S(=O)(=O)c1cccc2c1CCN(C(=O)Cc1ccoc1)C2. The van der Waals surface area contributed by atoms with E-state index >= 15 is 0 Å². The van der Waals surface area contributed by atoms with Crippen LogP contribution in [0, 0.1) is 0 Å². The predicted molar refractivity (Wildman–Crippen MR) is 88.8 cm³/mol. The van der Waals surface area contributed by atoms with Crippen LogP contribution in [0.2, 0.25) is 0 Å². The van der Waals surface area contributed by atoms with Crippen molar-refractivity contribution in [1.82, 2.24) is 9.21 Å². The molecule has 7 heteroatoms. The number of hydrogen-bond donors (Lipinski definition) is 0. The zero-order valence-corrected chi connectivity index (χ0v) is 14.5. The highest BCUT2D eigenvalue weighted by molar-refractivity contribution is 7.89. The molecular formula is C17H20N2O4S. The number of hydrogen-bond acceptors (Lipinski definition) is 4. The van der Waals surface area contributed by atoms with E-state index < -0.39 is 10.0 Å². The molecule has 128 valence electrons. The minimum Gasteiger partial charge on any atom is -0.472 e. The number of rotatable bonds is 4. The third-order valence-electron chi connectivity index (χ3n) is 4.27. The first-order chi connectivity index (χ1) is 11.4. The molecule has 2 aromatic rings. The molecule has 1 amide bonds. The standard InChI is InChI=1S/C17H20N2O4S/c1-18(2)24(21,22)16-5-3-4-14-11-19(8-6-15(14)16)17(20)10-13-7-9-23-12-13/h3-5,7,9,12H,6,8,10-11H2,1-2H3. The largest absolute Gasteiger partial charge is 0.472 e. The van der Waals surface area contributed by atoms with Crippen molar-refractivity contribution in [1.29, 1.82) is 0 Å². The third kappa shape index (κ3) is 3.09. The van der Waals surface area contributed by atoms with Gasteiger partial charge in [0.2, 0.25) is 15.9 Å². The van der Waals surface area contributed by atoms with Gasteiger partial charge in [-0.15, -0.1) is 0 Å². The van der Waals surface area contributed by atoms with E-state index in [-0.39, 0.29) is 5.91 Å². The van der Waals surface area contributed by atoms with Gasteiger partial charge in [0, 0.05) is 27.2 Å².